The molecular formula is C17H26N6. The Hall–Kier alpha value is -1.69. The van der Waals surface area contributed by atoms with E-state index in [-0.39, 0.29) is 0 Å². The van der Waals surface area contributed by atoms with Crippen LogP contribution in [-0.4, -0.2) is 42.0 Å². The minimum atomic E-state index is 0.545. The molecule has 4 rings (SSSR count). The molecule has 0 radical (unpaired) electrons. The minimum Gasteiger partial charge on any atom is -0.317 e. The minimum absolute atomic E-state index is 0.545. The molecule has 0 spiro atoms. The molecule has 1 atom stereocenters. The van der Waals surface area contributed by atoms with E-state index in [0.29, 0.717) is 12.0 Å². The Balaban J connectivity index is 1.46. The fourth-order valence-electron chi connectivity index (χ4n) is 3.65. The lowest BCUT2D eigenvalue weighted by molar-refractivity contribution is 0.117. The summed E-state index contributed by atoms with van der Waals surface area (Å²) >= 11 is 0. The third-order valence-electron chi connectivity index (χ3n) is 5.19. The molecule has 0 amide bonds. The quantitative estimate of drug-likeness (QED) is 0.849. The van der Waals surface area contributed by atoms with Crippen molar-refractivity contribution in [3.63, 3.8) is 0 Å². The summed E-state index contributed by atoms with van der Waals surface area (Å²) in [6.45, 7) is 5.12. The van der Waals surface area contributed by atoms with Crippen molar-refractivity contribution in [2.75, 3.05) is 6.54 Å². The fraction of sp³-hybridized carbons (Fsp3) is 0.706. The summed E-state index contributed by atoms with van der Waals surface area (Å²) in [6, 6.07) is 0.545. The summed E-state index contributed by atoms with van der Waals surface area (Å²) < 4.78 is 4.31. The highest BCUT2D eigenvalue weighted by molar-refractivity contribution is 5.08. The predicted molar refractivity (Wildman–Crippen MR) is 88.0 cm³/mol. The largest absolute Gasteiger partial charge is 0.317 e. The van der Waals surface area contributed by atoms with Gasteiger partial charge in [-0.1, -0.05) is 6.42 Å². The van der Waals surface area contributed by atoms with E-state index in [0.717, 1.165) is 25.5 Å². The van der Waals surface area contributed by atoms with Crippen molar-refractivity contribution in [3.05, 3.63) is 29.6 Å². The average Bonchev–Trinajstić information content (AvgIpc) is 3.21. The Bertz CT molecular complexity index is 668. The van der Waals surface area contributed by atoms with E-state index in [4.69, 9.17) is 0 Å². The highest BCUT2D eigenvalue weighted by Crippen LogP contribution is 2.38. The Morgan fingerprint density at radius 3 is 2.78 bits per heavy atom. The van der Waals surface area contributed by atoms with Crippen molar-refractivity contribution in [1.29, 1.82) is 0 Å². The molecule has 0 bridgehead atoms. The maximum Gasteiger partial charge on any atom is 0.146 e. The molecule has 23 heavy (non-hydrogen) atoms. The van der Waals surface area contributed by atoms with Gasteiger partial charge < -0.3 is 4.57 Å². The summed E-state index contributed by atoms with van der Waals surface area (Å²) in [5.74, 6) is 2.94. The number of nitrogens with zero attached hydrogens (tertiary/aromatic N) is 6. The molecule has 2 aromatic rings. The molecule has 0 aromatic carbocycles. The van der Waals surface area contributed by atoms with Gasteiger partial charge in [0, 0.05) is 25.2 Å². The van der Waals surface area contributed by atoms with Gasteiger partial charge >= 0.3 is 0 Å². The van der Waals surface area contributed by atoms with Crippen molar-refractivity contribution in [2.24, 2.45) is 7.05 Å². The first kappa shape index (κ1) is 14.9. The van der Waals surface area contributed by atoms with E-state index in [1.165, 1.54) is 43.5 Å². The van der Waals surface area contributed by atoms with E-state index in [9.17, 15) is 0 Å². The number of aromatic nitrogens is 5. The zero-order valence-corrected chi connectivity index (χ0v) is 14.1. The standard InChI is InChI=1S/C17H26N6/c1-13-9-18-23(10-13)11-15-5-3-4-8-22(15)12-16-19-20-17(21(16)2)14-6-7-14/h9-10,14-15H,3-8,11-12H2,1-2H3/t15-/m0/s1. The van der Waals surface area contributed by atoms with Crippen molar-refractivity contribution < 1.29 is 0 Å². The average molecular weight is 314 g/mol. The van der Waals surface area contributed by atoms with E-state index in [2.05, 4.69) is 49.6 Å². The smallest absolute Gasteiger partial charge is 0.146 e. The van der Waals surface area contributed by atoms with E-state index >= 15 is 0 Å². The van der Waals surface area contributed by atoms with Gasteiger partial charge in [0.05, 0.1) is 19.3 Å². The molecule has 6 nitrogen and oxygen atoms in total. The molecule has 2 aromatic heterocycles. The van der Waals surface area contributed by atoms with Gasteiger partial charge in [0.15, 0.2) is 0 Å². The van der Waals surface area contributed by atoms with Crippen LogP contribution < -0.4 is 0 Å². The Morgan fingerprint density at radius 1 is 1.17 bits per heavy atom. The molecule has 2 fully saturated rings. The molecule has 0 unspecified atom stereocenters. The van der Waals surface area contributed by atoms with Crippen LogP contribution in [0.1, 0.15) is 55.2 Å². The van der Waals surface area contributed by atoms with E-state index < -0.39 is 0 Å². The Morgan fingerprint density at radius 2 is 2.04 bits per heavy atom. The van der Waals surface area contributed by atoms with Gasteiger partial charge in [-0.2, -0.15) is 5.10 Å². The summed E-state index contributed by atoms with van der Waals surface area (Å²) in [7, 11) is 2.12. The van der Waals surface area contributed by atoms with Crippen LogP contribution in [0.5, 0.6) is 0 Å². The lowest BCUT2D eigenvalue weighted by atomic mass is 10.0. The van der Waals surface area contributed by atoms with Gasteiger partial charge in [0.1, 0.15) is 11.6 Å². The SMILES string of the molecule is Cc1cnn(C[C@@H]2CCCCN2Cc2nnc(C3CC3)n2C)c1. The molecule has 1 aliphatic heterocycles. The van der Waals surface area contributed by atoms with Gasteiger partial charge in [-0.25, -0.2) is 0 Å². The van der Waals surface area contributed by atoms with Crippen molar-refractivity contribution in [3.8, 4) is 0 Å². The van der Waals surface area contributed by atoms with Crippen molar-refractivity contribution in [1.82, 2.24) is 29.4 Å². The van der Waals surface area contributed by atoms with Crippen LogP contribution >= 0.6 is 0 Å². The fourth-order valence-corrected chi connectivity index (χ4v) is 3.65. The van der Waals surface area contributed by atoms with Crippen molar-refractivity contribution in [2.45, 2.75) is 64.1 Å². The third kappa shape index (κ3) is 3.17. The van der Waals surface area contributed by atoms with E-state index in [1.54, 1.807) is 0 Å². The molecule has 1 saturated carbocycles. The van der Waals surface area contributed by atoms with Gasteiger partial charge in [-0.3, -0.25) is 9.58 Å². The molecule has 1 saturated heterocycles. The zero-order chi connectivity index (χ0) is 15.8. The number of hydrogen-bond donors (Lipinski definition) is 0. The van der Waals surface area contributed by atoms with E-state index in [1.807, 2.05) is 6.20 Å². The van der Waals surface area contributed by atoms with Crippen LogP contribution in [0.25, 0.3) is 0 Å². The molecule has 6 heteroatoms. The maximum atomic E-state index is 4.47. The first-order valence-electron chi connectivity index (χ1n) is 8.82. The summed E-state index contributed by atoms with van der Waals surface area (Å²) in [5, 5.41) is 13.4. The van der Waals surface area contributed by atoms with Crippen molar-refractivity contribution >= 4 is 0 Å². The van der Waals surface area contributed by atoms with Gasteiger partial charge in [0.2, 0.25) is 0 Å². The molecular weight excluding hydrogens is 288 g/mol. The predicted octanol–water partition coefficient (Wildman–Crippen LogP) is 2.25. The van der Waals surface area contributed by atoms with Crippen LogP contribution in [0.3, 0.4) is 0 Å². The van der Waals surface area contributed by atoms with Gasteiger partial charge in [-0.05, 0) is 44.7 Å². The highest BCUT2D eigenvalue weighted by Gasteiger charge is 2.30. The van der Waals surface area contributed by atoms with Crippen LogP contribution in [0.15, 0.2) is 12.4 Å². The van der Waals surface area contributed by atoms with Crippen LogP contribution in [0, 0.1) is 6.92 Å². The summed E-state index contributed by atoms with van der Waals surface area (Å²) in [5.41, 5.74) is 1.23. The molecule has 1 aliphatic carbocycles. The number of hydrogen-bond acceptors (Lipinski definition) is 4. The third-order valence-corrected chi connectivity index (χ3v) is 5.19. The second-order valence-electron chi connectivity index (χ2n) is 7.17. The molecule has 0 N–H and O–H groups in total. The zero-order valence-electron chi connectivity index (χ0n) is 14.1. The number of piperidine rings is 1. The normalized spacial score (nSPS) is 22.6. The monoisotopic (exact) mass is 314 g/mol. The second-order valence-corrected chi connectivity index (χ2v) is 7.17. The van der Waals surface area contributed by atoms with Crippen LogP contribution in [0.2, 0.25) is 0 Å². The molecule has 124 valence electrons. The number of likely N-dealkylation sites (tertiary alicyclic amines) is 1. The van der Waals surface area contributed by atoms with Gasteiger partial charge in [0.25, 0.3) is 0 Å². The maximum absolute atomic E-state index is 4.47. The number of aryl methyl sites for hydroxylation is 1. The summed E-state index contributed by atoms with van der Waals surface area (Å²) in [4.78, 5) is 2.57. The summed E-state index contributed by atoms with van der Waals surface area (Å²) in [6.07, 6.45) is 10.5. The highest BCUT2D eigenvalue weighted by atomic mass is 15.3. The first-order valence-corrected chi connectivity index (χ1v) is 8.82. The van der Waals surface area contributed by atoms with Gasteiger partial charge in [-0.15, -0.1) is 10.2 Å². The second kappa shape index (κ2) is 6.07. The first-order chi connectivity index (χ1) is 11.2. The Kier molecular flexibility index (Phi) is 3.93. The molecule has 2 aliphatic rings. The molecule has 3 heterocycles. The van der Waals surface area contributed by atoms with Crippen LogP contribution in [0.4, 0.5) is 0 Å². The lowest BCUT2D eigenvalue weighted by Crippen LogP contribution is -2.42. The topological polar surface area (TPSA) is 51.8 Å². The Labute approximate surface area is 137 Å². The van der Waals surface area contributed by atoms with Crippen LogP contribution in [-0.2, 0) is 20.1 Å². The lowest BCUT2D eigenvalue weighted by Gasteiger charge is -2.35. The number of rotatable bonds is 5.